The third-order valence-electron chi connectivity index (χ3n) is 4.10. The maximum Gasteiger partial charge on any atom is 0.147 e. The molecule has 2 aromatic carbocycles. The van der Waals surface area contributed by atoms with Crippen LogP contribution in [0.4, 0.5) is 10.1 Å². The van der Waals surface area contributed by atoms with Crippen molar-refractivity contribution in [3.8, 4) is 16.6 Å². The Morgan fingerprint density at radius 3 is 2.56 bits per heavy atom. The highest BCUT2D eigenvalue weighted by atomic mass is 127. The predicted molar refractivity (Wildman–Crippen MR) is 112 cm³/mol. The van der Waals surface area contributed by atoms with Gasteiger partial charge in [0.2, 0.25) is 0 Å². The summed E-state index contributed by atoms with van der Waals surface area (Å²) in [5.74, 6) is -0.307. The van der Waals surface area contributed by atoms with Gasteiger partial charge in [-0.25, -0.2) is 4.39 Å². The summed E-state index contributed by atoms with van der Waals surface area (Å²) in [5, 5.41) is 32.4. The average Bonchev–Trinajstić information content (AvgIpc) is 3.13. The van der Waals surface area contributed by atoms with E-state index < -0.39 is 12.1 Å². The van der Waals surface area contributed by atoms with Crippen molar-refractivity contribution in [2.45, 2.75) is 26.0 Å². The van der Waals surface area contributed by atoms with Gasteiger partial charge in [0, 0.05) is 14.8 Å². The first-order valence-corrected chi connectivity index (χ1v) is 10.0. The van der Waals surface area contributed by atoms with Crippen molar-refractivity contribution in [3.05, 3.63) is 61.9 Å². The molecule has 0 spiro atoms. The molecule has 0 aliphatic rings. The Balaban J connectivity index is 1.90. The number of anilines is 1. The minimum Gasteiger partial charge on any atom is -0.391 e. The van der Waals surface area contributed by atoms with E-state index >= 15 is 0 Å². The molecule has 2 N–H and O–H groups in total. The lowest BCUT2D eigenvalue weighted by molar-refractivity contribution is 0.172. The molecule has 1 aromatic heterocycles. The highest BCUT2D eigenvalue weighted by Gasteiger charge is 2.23. The fraction of sp³-hybridized carbons (Fsp3) is 0.211. The van der Waals surface area contributed by atoms with Crippen molar-refractivity contribution in [3.63, 3.8) is 0 Å². The smallest absolute Gasteiger partial charge is 0.147 e. The monoisotopic (exact) mass is 494 g/mol. The largest absolute Gasteiger partial charge is 0.391 e. The van der Waals surface area contributed by atoms with E-state index in [4.69, 9.17) is 5.26 Å². The van der Waals surface area contributed by atoms with Crippen LogP contribution >= 0.6 is 33.9 Å². The maximum atomic E-state index is 13.1. The number of aromatic nitrogens is 2. The number of hydrogen-bond acceptors (Lipinski definition) is 6. The van der Waals surface area contributed by atoms with Crippen LogP contribution in [0.2, 0.25) is 0 Å². The minimum absolute atomic E-state index is 0.307. The molecule has 0 unspecified atom stereocenters. The number of hydrogen-bond donors (Lipinski definition) is 2. The van der Waals surface area contributed by atoms with Crippen LogP contribution in [0.25, 0.3) is 10.6 Å². The molecular weight excluding hydrogens is 478 g/mol. The van der Waals surface area contributed by atoms with Gasteiger partial charge in [0.15, 0.2) is 0 Å². The summed E-state index contributed by atoms with van der Waals surface area (Å²) < 4.78 is 14.0. The molecule has 138 valence electrons. The van der Waals surface area contributed by atoms with Gasteiger partial charge < -0.3 is 10.4 Å². The van der Waals surface area contributed by atoms with E-state index in [1.54, 1.807) is 25.1 Å². The zero-order valence-corrected chi connectivity index (χ0v) is 17.5. The molecular formula is C19H16FIN4OS. The second-order valence-corrected chi connectivity index (χ2v) is 8.11. The molecule has 0 radical (unpaired) electrons. The van der Waals surface area contributed by atoms with E-state index in [0.29, 0.717) is 15.6 Å². The first kappa shape index (κ1) is 19.7. The summed E-state index contributed by atoms with van der Waals surface area (Å²) in [5.41, 5.74) is 3.14. The summed E-state index contributed by atoms with van der Waals surface area (Å²) in [6.07, 6.45) is -0.716. The van der Waals surface area contributed by atoms with Crippen LogP contribution in [-0.2, 0) is 0 Å². The molecule has 0 amide bonds. The lowest BCUT2D eigenvalue weighted by Crippen LogP contribution is -2.23. The molecule has 1 heterocycles. The van der Waals surface area contributed by atoms with E-state index in [1.807, 2.05) is 13.0 Å². The predicted octanol–water partition coefficient (Wildman–Crippen LogP) is 4.66. The second kappa shape index (κ2) is 8.29. The third-order valence-corrected chi connectivity index (χ3v) is 6.54. The molecule has 3 rings (SSSR count). The van der Waals surface area contributed by atoms with Gasteiger partial charge >= 0.3 is 0 Å². The van der Waals surface area contributed by atoms with Gasteiger partial charge in [-0.15, -0.1) is 10.2 Å². The Hall–Kier alpha value is -2.09. The zero-order valence-electron chi connectivity index (χ0n) is 14.6. The zero-order chi connectivity index (χ0) is 19.6. The molecule has 0 fully saturated rings. The number of benzene rings is 2. The van der Waals surface area contributed by atoms with Crippen molar-refractivity contribution >= 4 is 39.6 Å². The van der Waals surface area contributed by atoms with Crippen molar-refractivity contribution in [2.24, 2.45) is 0 Å². The normalized spacial score (nSPS) is 13.0. The minimum atomic E-state index is -0.716. The number of nitrogens with one attached hydrogen (secondary N) is 1. The average molecular weight is 494 g/mol. The van der Waals surface area contributed by atoms with Crippen LogP contribution < -0.4 is 5.32 Å². The third kappa shape index (κ3) is 4.26. The molecule has 2 atom stereocenters. The van der Waals surface area contributed by atoms with Gasteiger partial charge in [-0.1, -0.05) is 11.3 Å². The Labute approximate surface area is 174 Å². The molecule has 0 saturated carbocycles. The molecule has 0 aliphatic carbocycles. The van der Waals surface area contributed by atoms with Crippen molar-refractivity contribution < 1.29 is 9.50 Å². The van der Waals surface area contributed by atoms with Gasteiger partial charge in [0.25, 0.3) is 0 Å². The van der Waals surface area contributed by atoms with E-state index in [0.717, 1.165) is 20.4 Å². The summed E-state index contributed by atoms with van der Waals surface area (Å²) in [7, 11) is 0. The van der Waals surface area contributed by atoms with Crippen molar-refractivity contribution in [1.29, 1.82) is 5.26 Å². The summed E-state index contributed by atoms with van der Waals surface area (Å²) in [4.78, 5) is 0. The lowest BCUT2D eigenvalue weighted by atomic mass is 10.1. The molecule has 0 bridgehead atoms. The SMILES string of the molecule is Cc1c(N[C@@H](c2nnc(-c3ccc(F)cc3)s2)[C@@H](C)O)ccc(C#N)c1I. The van der Waals surface area contributed by atoms with Crippen LogP contribution in [0.5, 0.6) is 0 Å². The number of aliphatic hydroxyl groups is 1. The lowest BCUT2D eigenvalue weighted by Gasteiger charge is -2.22. The number of aliphatic hydroxyl groups excluding tert-OH is 1. The van der Waals surface area contributed by atoms with Crippen LogP contribution in [-0.4, -0.2) is 21.4 Å². The van der Waals surface area contributed by atoms with Gasteiger partial charge in [-0.3, -0.25) is 0 Å². The molecule has 3 aromatic rings. The fourth-order valence-electron chi connectivity index (χ4n) is 2.55. The number of halogens is 2. The molecule has 5 nitrogen and oxygen atoms in total. The number of nitrogens with zero attached hydrogens (tertiary/aromatic N) is 3. The van der Waals surface area contributed by atoms with Crippen molar-refractivity contribution in [2.75, 3.05) is 5.32 Å². The van der Waals surface area contributed by atoms with E-state index in [2.05, 4.69) is 44.2 Å². The Morgan fingerprint density at radius 2 is 1.93 bits per heavy atom. The standard InChI is InChI=1S/C19H16FIN4OS/c1-10-15(8-5-13(9-22)16(10)21)23-17(11(2)26)19-25-24-18(27-19)12-3-6-14(20)7-4-12/h3-8,11,17,23,26H,1-2H3/t11-,17-/m1/s1. The molecule has 8 heteroatoms. The Morgan fingerprint density at radius 1 is 1.22 bits per heavy atom. The number of rotatable bonds is 5. The van der Waals surface area contributed by atoms with Crippen LogP contribution in [0.3, 0.4) is 0 Å². The van der Waals surface area contributed by atoms with E-state index in [1.165, 1.54) is 23.5 Å². The molecule has 27 heavy (non-hydrogen) atoms. The Kier molecular flexibility index (Phi) is 6.04. The number of nitriles is 1. The molecule has 0 aliphatic heterocycles. The Bertz CT molecular complexity index is 998. The summed E-state index contributed by atoms with van der Waals surface area (Å²) in [6.45, 7) is 3.61. The van der Waals surface area contributed by atoms with E-state index in [9.17, 15) is 9.50 Å². The quantitative estimate of drug-likeness (QED) is 0.505. The topological polar surface area (TPSA) is 81.8 Å². The summed E-state index contributed by atoms with van der Waals surface area (Å²) in [6, 6.07) is 11.3. The summed E-state index contributed by atoms with van der Waals surface area (Å²) >= 11 is 3.49. The van der Waals surface area contributed by atoms with Crippen LogP contribution in [0.1, 0.15) is 29.1 Å². The first-order chi connectivity index (χ1) is 12.9. The van der Waals surface area contributed by atoms with Crippen LogP contribution in [0.15, 0.2) is 36.4 Å². The highest BCUT2D eigenvalue weighted by Crippen LogP contribution is 2.32. The van der Waals surface area contributed by atoms with Gasteiger partial charge in [-0.2, -0.15) is 5.26 Å². The van der Waals surface area contributed by atoms with Crippen LogP contribution in [0, 0.1) is 27.6 Å². The second-order valence-electron chi connectivity index (χ2n) is 6.03. The van der Waals surface area contributed by atoms with Gasteiger partial charge in [0.05, 0.1) is 11.7 Å². The van der Waals surface area contributed by atoms with Gasteiger partial charge in [-0.05, 0) is 78.4 Å². The van der Waals surface area contributed by atoms with E-state index in [-0.39, 0.29) is 5.82 Å². The van der Waals surface area contributed by atoms with Gasteiger partial charge in [0.1, 0.15) is 27.9 Å². The molecule has 0 saturated heterocycles. The first-order valence-electron chi connectivity index (χ1n) is 8.14. The highest BCUT2D eigenvalue weighted by molar-refractivity contribution is 14.1. The van der Waals surface area contributed by atoms with Crippen molar-refractivity contribution in [1.82, 2.24) is 10.2 Å². The fourth-order valence-corrected chi connectivity index (χ4v) is 4.14. The maximum absolute atomic E-state index is 13.1.